The van der Waals surface area contributed by atoms with Crippen molar-refractivity contribution >= 4 is 12.3 Å². The Balaban J connectivity index is 1.80. The molecule has 0 aliphatic carbocycles. The molecule has 5 atom stereocenters. The molecule has 1 aromatic rings. The average molecular weight is 287 g/mol. The summed E-state index contributed by atoms with van der Waals surface area (Å²) in [6.45, 7) is 3.95. The number of benzene rings is 1. The predicted molar refractivity (Wildman–Crippen MR) is 78.3 cm³/mol. The Kier molecular flexibility index (Phi) is 3.81. The third kappa shape index (κ3) is 2.38. The maximum atomic E-state index is 12.8. The van der Waals surface area contributed by atoms with Gasteiger partial charge in [0.2, 0.25) is 12.3 Å². The van der Waals surface area contributed by atoms with E-state index < -0.39 is 0 Å². The highest BCUT2D eigenvalue weighted by Gasteiger charge is 2.51. The molecule has 2 aliphatic heterocycles. The quantitative estimate of drug-likeness (QED) is 0.800. The van der Waals surface area contributed by atoms with Crippen LogP contribution in [-0.4, -0.2) is 29.4 Å². The van der Waals surface area contributed by atoms with Crippen molar-refractivity contribution in [1.82, 2.24) is 4.90 Å². The SMILES string of the molecule is C[C@@H]1C2CCC(O2)[C@@H]1C(=O)N(C=O)[C@@H](C)c1ccccc1. The molecule has 4 heteroatoms. The molecular formula is C17H21NO3. The number of imide groups is 1. The minimum absolute atomic E-state index is 0.0112. The van der Waals surface area contributed by atoms with Crippen LogP contribution >= 0.6 is 0 Å². The topological polar surface area (TPSA) is 46.6 Å². The first-order valence-electron chi connectivity index (χ1n) is 7.61. The van der Waals surface area contributed by atoms with Crippen molar-refractivity contribution < 1.29 is 14.3 Å². The standard InChI is InChI=1S/C17H21NO3/c1-11-14-8-9-15(21-14)16(11)17(20)18(10-19)12(2)13-6-4-3-5-7-13/h3-7,10-12,14-16H,8-9H2,1-2H3/t11-,12+,14?,15?,16-/m1/s1. The fourth-order valence-corrected chi connectivity index (χ4v) is 3.69. The number of hydrogen-bond acceptors (Lipinski definition) is 3. The molecule has 2 fully saturated rings. The van der Waals surface area contributed by atoms with E-state index in [2.05, 4.69) is 6.92 Å². The molecule has 1 aromatic carbocycles. The van der Waals surface area contributed by atoms with E-state index in [0.29, 0.717) is 6.41 Å². The van der Waals surface area contributed by atoms with Gasteiger partial charge < -0.3 is 4.74 Å². The zero-order valence-electron chi connectivity index (χ0n) is 12.4. The van der Waals surface area contributed by atoms with E-state index in [1.54, 1.807) is 0 Å². The summed E-state index contributed by atoms with van der Waals surface area (Å²) < 4.78 is 5.83. The third-order valence-corrected chi connectivity index (χ3v) is 4.99. The van der Waals surface area contributed by atoms with Gasteiger partial charge in [0.05, 0.1) is 24.2 Å². The first kappa shape index (κ1) is 14.3. The van der Waals surface area contributed by atoms with Crippen LogP contribution in [0.4, 0.5) is 0 Å². The molecule has 21 heavy (non-hydrogen) atoms. The molecule has 0 N–H and O–H groups in total. The molecule has 0 aromatic heterocycles. The Morgan fingerprint density at radius 2 is 1.95 bits per heavy atom. The van der Waals surface area contributed by atoms with E-state index in [9.17, 15) is 9.59 Å². The number of carbonyl (C=O) groups is 2. The van der Waals surface area contributed by atoms with Gasteiger partial charge in [0.25, 0.3) is 0 Å². The maximum Gasteiger partial charge on any atom is 0.235 e. The van der Waals surface area contributed by atoms with Crippen molar-refractivity contribution in [2.24, 2.45) is 11.8 Å². The molecular weight excluding hydrogens is 266 g/mol. The number of amides is 2. The Labute approximate surface area is 125 Å². The molecule has 3 rings (SSSR count). The van der Waals surface area contributed by atoms with Crippen molar-refractivity contribution in [2.75, 3.05) is 0 Å². The lowest BCUT2D eigenvalue weighted by atomic mass is 9.79. The van der Waals surface area contributed by atoms with Crippen LogP contribution < -0.4 is 0 Å². The van der Waals surface area contributed by atoms with Crippen LogP contribution in [0, 0.1) is 11.8 Å². The number of ether oxygens (including phenoxy) is 1. The number of rotatable bonds is 4. The Bertz CT molecular complexity index is 528. The van der Waals surface area contributed by atoms with Crippen molar-refractivity contribution in [2.45, 2.75) is 44.9 Å². The van der Waals surface area contributed by atoms with Crippen LogP contribution in [0.1, 0.15) is 38.3 Å². The average Bonchev–Trinajstić information content (AvgIpc) is 3.09. The van der Waals surface area contributed by atoms with Gasteiger partial charge in [-0.25, -0.2) is 0 Å². The highest BCUT2D eigenvalue weighted by atomic mass is 16.5. The Morgan fingerprint density at radius 1 is 1.29 bits per heavy atom. The summed E-state index contributed by atoms with van der Waals surface area (Å²) in [5.41, 5.74) is 0.967. The molecule has 2 amide bonds. The van der Waals surface area contributed by atoms with Crippen molar-refractivity contribution in [3.8, 4) is 0 Å². The Hall–Kier alpha value is -1.68. The highest BCUT2D eigenvalue weighted by molar-refractivity contribution is 5.89. The van der Waals surface area contributed by atoms with Gasteiger partial charge in [-0.3, -0.25) is 14.5 Å². The number of nitrogens with zero attached hydrogens (tertiary/aromatic N) is 1. The molecule has 0 saturated carbocycles. The van der Waals surface area contributed by atoms with Crippen molar-refractivity contribution in [1.29, 1.82) is 0 Å². The summed E-state index contributed by atoms with van der Waals surface area (Å²) in [5.74, 6) is -0.0807. The van der Waals surface area contributed by atoms with Crippen LogP contribution in [0.3, 0.4) is 0 Å². The van der Waals surface area contributed by atoms with Crippen molar-refractivity contribution in [3.05, 3.63) is 35.9 Å². The maximum absolute atomic E-state index is 12.8. The molecule has 112 valence electrons. The molecule has 2 bridgehead atoms. The van der Waals surface area contributed by atoms with Gasteiger partial charge in [0.15, 0.2) is 0 Å². The number of fused-ring (bicyclic) bond motifs is 2. The van der Waals surface area contributed by atoms with Gasteiger partial charge in [-0.15, -0.1) is 0 Å². The van der Waals surface area contributed by atoms with Crippen LogP contribution in [0.5, 0.6) is 0 Å². The molecule has 2 saturated heterocycles. The van der Waals surface area contributed by atoms with Crippen LogP contribution in [0.2, 0.25) is 0 Å². The molecule has 2 aliphatic rings. The second kappa shape index (κ2) is 5.60. The number of carbonyl (C=O) groups excluding carboxylic acids is 2. The second-order valence-corrected chi connectivity index (χ2v) is 6.11. The largest absolute Gasteiger partial charge is 0.374 e. The van der Waals surface area contributed by atoms with E-state index in [4.69, 9.17) is 4.74 Å². The fraction of sp³-hybridized carbons (Fsp3) is 0.529. The summed E-state index contributed by atoms with van der Waals surface area (Å²) in [4.78, 5) is 25.6. The zero-order valence-corrected chi connectivity index (χ0v) is 12.4. The minimum Gasteiger partial charge on any atom is -0.374 e. The lowest BCUT2D eigenvalue weighted by molar-refractivity contribution is -0.146. The van der Waals surface area contributed by atoms with Crippen LogP contribution in [-0.2, 0) is 14.3 Å². The summed E-state index contributed by atoms with van der Waals surface area (Å²) in [6, 6.07) is 9.40. The minimum atomic E-state index is -0.248. The normalized spacial score (nSPS) is 31.9. The van der Waals surface area contributed by atoms with Gasteiger partial charge in [-0.1, -0.05) is 37.3 Å². The van der Waals surface area contributed by atoms with Gasteiger partial charge in [-0.05, 0) is 31.2 Å². The summed E-state index contributed by atoms with van der Waals surface area (Å²) in [7, 11) is 0. The van der Waals surface area contributed by atoms with E-state index in [1.165, 1.54) is 4.90 Å². The van der Waals surface area contributed by atoms with Gasteiger partial charge in [0.1, 0.15) is 0 Å². The first-order chi connectivity index (χ1) is 10.1. The second-order valence-electron chi connectivity index (χ2n) is 6.11. The van der Waals surface area contributed by atoms with E-state index >= 15 is 0 Å². The number of hydrogen-bond donors (Lipinski definition) is 0. The van der Waals surface area contributed by atoms with Crippen LogP contribution in [0.25, 0.3) is 0 Å². The molecule has 2 unspecified atom stereocenters. The molecule has 0 radical (unpaired) electrons. The van der Waals surface area contributed by atoms with E-state index in [0.717, 1.165) is 18.4 Å². The van der Waals surface area contributed by atoms with Crippen LogP contribution in [0.15, 0.2) is 30.3 Å². The molecule has 2 heterocycles. The lowest BCUT2D eigenvalue weighted by Gasteiger charge is -2.31. The van der Waals surface area contributed by atoms with E-state index in [1.807, 2.05) is 37.3 Å². The highest BCUT2D eigenvalue weighted by Crippen LogP contribution is 2.44. The van der Waals surface area contributed by atoms with Gasteiger partial charge in [0, 0.05) is 0 Å². The van der Waals surface area contributed by atoms with Crippen molar-refractivity contribution in [3.63, 3.8) is 0 Å². The van der Waals surface area contributed by atoms with Gasteiger partial charge in [-0.2, -0.15) is 0 Å². The lowest BCUT2D eigenvalue weighted by Crippen LogP contribution is -2.43. The van der Waals surface area contributed by atoms with E-state index in [-0.39, 0.29) is 36.0 Å². The smallest absolute Gasteiger partial charge is 0.235 e. The zero-order chi connectivity index (χ0) is 15.0. The summed E-state index contributed by atoms with van der Waals surface area (Å²) in [5, 5.41) is 0. The first-order valence-corrected chi connectivity index (χ1v) is 7.61. The predicted octanol–water partition coefficient (Wildman–Crippen LogP) is 2.55. The monoisotopic (exact) mass is 287 g/mol. The van der Waals surface area contributed by atoms with Gasteiger partial charge >= 0.3 is 0 Å². The molecule has 4 nitrogen and oxygen atoms in total. The molecule has 0 spiro atoms. The summed E-state index contributed by atoms with van der Waals surface area (Å²) >= 11 is 0. The summed E-state index contributed by atoms with van der Waals surface area (Å²) in [6.07, 6.45) is 2.80. The third-order valence-electron chi connectivity index (χ3n) is 4.99. The fourth-order valence-electron chi connectivity index (χ4n) is 3.69. The Morgan fingerprint density at radius 3 is 2.52 bits per heavy atom.